The molecule has 0 saturated carbocycles. The summed E-state index contributed by atoms with van der Waals surface area (Å²) in [7, 11) is 0. The Balaban J connectivity index is 2.48. The van der Waals surface area contributed by atoms with Crippen molar-refractivity contribution in [3.63, 3.8) is 0 Å². The topological polar surface area (TPSA) is 49.4 Å². The Labute approximate surface area is 106 Å². The number of anilines is 2. The van der Waals surface area contributed by atoms with Crippen molar-refractivity contribution in [3.05, 3.63) is 24.3 Å². The lowest BCUT2D eigenvalue weighted by atomic mass is 10.1. The quantitative estimate of drug-likeness (QED) is 0.703. The molecule has 0 radical (unpaired) electrons. The maximum absolute atomic E-state index is 12.0. The van der Waals surface area contributed by atoms with Crippen LogP contribution in [-0.4, -0.2) is 18.4 Å². The van der Waals surface area contributed by atoms with Gasteiger partial charge in [-0.2, -0.15) is 0 Å². The molecule has 0 aromatic heterocycles. The molecule has 2 rings (SSSR count). The molecule has 92 valence electrons. The molecule has 4 nitrogen and oxygen atoms in total. The van der Waals surface area contributed by atoms with Crippen molar-refractivity contribution in [2.24, 2.45) is 5.92 Å². The molecule has 0 unspecified atom stereocenters. The number of fused-ring (bicyclic) bond motifs is 1. The maximum atomic E-state index is 12.0. The number of hydrogen-bond acceptors (Lipinski definition) is 2. The second kappa shape index (κ2) is 4.92. The van der Waals surface area contributed by atoms with Crippen molar-refractivity contribution in [2.75, 3.05) is 16.8 Å². The van der Waals surface area contributed by atoms with Crippen LogP contribution in [0.15, 0.2) is 24.3 Å². The highest BCUT2D eigenvalue weighted by Crippen LogP contribution is 2.29. The van der Waals surface area contributed by atoms with E-state index in [9.17, 15) is 9.59 Å². The van der Waals surface area contributed by atoms with Gasteiger partial charge in [0.25, 0.3) is 0 Å². The Morgan fingerprint density at radius 2 is 2.17 bits per heavy atom. The van der Waals surface area contributed by atoms with Crippen molar-refractivity contribution >= 4 is 23.2 Å². The van der Waals surface area contributed by atoms with Crippen LogP contribution in [0, 0.1) is 17.8 Å². The molecule has 1 aromatic rings. The van der Waals surface area contributed by atoms with E-state index in [0.717, 1.165) is 5.69 Å². The van der Waals surface area contributed by atoms with E-state index in [0.29, 0.717) is 12.2 Å². The van der Waals surface area contributed by atoms with Gasteiger partial charge in [0.15, 0.2) is 0 Å². The summed E-state index contributed by atoms with van der Waals surface area (Å²) in [5.74, 6) is 4.82. The van der Waals surface area contributed by atoms with Crippen molar-refractivity contribution in [1.29, 1.82) is 0 Å². The molecule has 1 heterocycles. The molecule has 0 saturated heterocycles. The third-order valence-electron chi connectivity index (χ3n) is 2.83. The summed E-state index contributed by atoms with van der Waals surface area (Å²) in [6.45, 7) is 3.46. The van der Waals surface area contributed by atoms with Crippen LogP contribution in [0.3, 0.4) is 0 Å². The molecular formula is C14H14N2O2. The van der Waals surface area contributed by atoms with E-state index >= 15 is 0 Å². The molecule has 1 aromatic carbocycles. The third kappa shape index (κ3) is 2.21. The SMILES string of the molecule is CC#C[C@H]1CN(C(C)=O)c2ccccc2NC1=O. The third-order valence-corrected chi connectivity index (χ3v) is 2.83. The van der Waals surface area contributed by atoms with Gasteiger partial charge in [0.1, 0.15) is 5.92 Å². The van der Waals surface area contributed by atoms with E-state index in [-0.39, 0.29) is 11.8 Å². The largest absolute Gasteiger partial charge is 0.323 e. The minimum absolute atomic E-state index is 0.0955. The summed E-state index contributed by atoms with van der Waals surface area (Å²) >= 11 is 0. The number of hydrogen-bond donors (Lipinski definition) is 1. The minimum atomic E-state index is -0.494. The van der Waals surface area contributed by atoms with Gasteiger partial charge >= 0.3 is 0 Å². The highest BCUT2D eigenvalue weighted by atomic mass is 16.2. The molecule has 0 fully saturated rings. The van der Waals surface area contributed by atoms with Gasteiger partial charge in [-0.25, -0.2) is 0 Å². The molecule has 4 heteroatoms. The fourth-order valence-corrected chi connectivity index (χ4v) is 1.98. The van der Waals surface area contributed by atoms with Gasteiger partial charge in [-0.1, -0.05) is 18.1 Å². The molecule has 0 aliphatic carbocycles. The van der Waals surface area contributed by atoms with Crippen LogP contribution >= 0.6 is 0 Å². The number of rotatable bonds is 0. The van der Waals surface area contributed by atoms with Crippen LogP contribution < -0.4 is 10.2 Å². The molecule has 1 atom stereocenters. The summed E-state index contributed by atoms with van der Waals surface area (Å²) in [6.07, 6.45) is 0. The van der Waals surface area contributed by atoms with Gasteiger partial charge in [-0.15, -0.1) is 5.92 Å². The second-order valence-corrected chi connectivity index (χ2v) is 4.08. The molecule has 2 amide bonds. The molecule has 0 bridgehead atoms. The van der Waals surface area contributed by atoms with Gasteiger partial charge < -0.3 is 10.2 Å². The maximum Gasteiger partial charge on any atom is 0.241 e. The summed E-state index contributed by atoms with van der Waals surface area (Å²) in [6, 6.07) is 7.26. The van der Waals surface area contributed by atoms with E-state index in [1.54, 1.807) is 17.9 Å². The molecule has 1 aliphatic rings. The first-order valence-electron chi connectivity index (χ1n) is 5.73. The standard InChI is InChI=1S/C14H14N2O2/c1-3-6-11-9-16(10(2)17)13-8-5-4-7-12(13)15-14(11)18/h4-5,7-8,11H,9H2,1-2H3,(H,15,18)/t11-/m0/s1. The Kier molecular flexibility index (Phi) is 3.33. The van der Waals surface area contributed by atoms with Crippen LogP contribution in [-0.2, 0) is 9.59 Å². The first kappa shape index (κ1) is 12.2. The van der Waals surface area contributed by atoms with E-state index in [1.165, 1.54) is 6.92 Å². The highest BCUT2D eigenvalue weighted by molar-refractivity contribution is 6.04. The van der Waals surface area contributed by atoms with Crippen LogP contribution in [0.4, 0.5) is 11.4 Å². The van der Waals surface area contributed by atoms with Crippen molar-refractivity contribution in [1.82, 2.24) is 0 Å². The molecular weight excluding hydrogens is 228 g/mol. The predicted octanol–water partition coefficient (Wildman–Crippen LogP) is 1.63. The van der Waals surface area contributed by atoms with E-state index < -0.39 is 5.92 Å². The Morgan fingerprint density at radius 1 is 1.44 bits per heavy atom. The van der Waals surface area contributed by atoms with Crippen molar-refractivity contribution in [3.8, 4) is 11.8 Å². The number of carbonyl (C=O) groups is 2. The van der Waals surface area contributed by atoms with Gasteiger partial charge in [0.05, 0.1) is 11.4 Å². The summed E-state index contributed by atoms with van der Waals surface area (Å²) in [5.41, 5.74) is 1.37. The average Bonchev–Trinajstić information content (AvgIpc) is 2.47. The Hall–Kier alpha value is -2.28. The number of para-hydroxylation sites is 2. The lowest BCUT2D eigenvalue weighted by molar-refractivity contribution is -0.118. The van der Waals surface area contributed by atoms with Gasteiger partial charge in [0.2, 0.25) is 11.8 Å². The number of nitrogens with one attached hydrogen (secondary N) is 1. The number of carbonyl (C=O) groups excluding carboxylic acids is 2. The highest BCUT2D eigenvalue weighted by Gasteiger charge is 2.28. The predicted molar refractivity (Wildman–Crippen MR) is 70.0 cm³/mol. The van der Waals surface area contributed by atoms with Gasteiger partial charge in [0, 0.05) is 13.5 Å². The first-order chi connectivity index (χ1) is 8.63. The fourth-order valence-electron chi connectivity index (χ4n) is 1.98. The zero-order valence-electron chi connectivity index (χ0n) is 10.4. The summed E-state index contributed by atoms with van der Waals surface area (Å²) < 4.78 is 0. The first-order valence-corrected chi connectivity index (χ1v) is 5.73. The fraction of sp³-hybridized carbons (Fsp3) is 0.286. The van der Waals surface area contributed by atoms with E-state index in [2.05, 4.69) is 17.2 Å². The van der Waals surface area contributed by atoms with E-state index in [4.69, 9.17) is 0 Å². The molecule has 0 spiro atoms. The molecule has 18 heavy (non-hydrogen) atoms. The van der Waals surface area contributed by atoms with Crippen molar-refractivity contribution < 1.29 is 9.59 Å². The van der Waals surface area contributed by atoms with Crippen LogP contribution in [0.5, 0.6) is 0 Å². The molecule has 1 aliphatic heterocycles. The summed E-state index contributed by atoms with van der Waals surface area (Å²) in [4.78, 5) is 25.3. The van der Waals surface area contributed by atoms with Gasteiger partial charge in [-0.05, 0) is 19.1 Å². The van der Waals surface area contributed by atoms with Gasteiger partial charge in [-0.3, -0.25) is 9.59 Å². The normalized spacial score (nSPS) is 18.0. The lowest BCUT2D eigenvalue weighted by Gasteiger charge is -2.21. The van der Waals surface area contributed by atoms with Crippen LogP contribution in [0.25, 0.3) is 0 Å². The lowest BCUT2D eigenvalue weighted by Crippen LogP contribution is -2.34. The monoisotopic (exact) mass is 242 g/mol. The van der Waals surface area contributed by atoms with Crippen LogP contribution in [0.1, 0.15) is 13.8 Å². The summed E-state index contributed by atoms with van der Waals surface area (Å²) in [5, 5.41) is 2.81. The average molecular weight is 242 g/mol. The molecule has 1 N–H and O–H groups in total. The second-order valence-electron chi connectivity index (χ2n) is 4.08. The number of nitrogens with zero attached hydrogens (tertiary/aromatic N) is 1. The zero-order chi connectivity index (χ0) is 13.1. The van der Waals surface area contributed by atoms with Crippen molar-refractivity contribution in [2.45, 2.75) is 13.8 Å². The van der Waals surface area contributed by atoms with E-state index in [1.807, 2.05) is 18.2 Å². The minimum Gasteiger partial charge on any atom is -0.323 e. The van der Waals surface area contributed by atoms with Crippen LogP contribution in [0.2, 0.25) is 0 Å². The number of amides is 2. The number of benzene rings is 1. The smallest absolute Gasteiger partial charge is 0.241 e. The Bertz CT molecular complexity index is 554. The Morgan fingerprint density at radius 3 is 2.83 bits per heavy atom. The zero-order valence-corrected chi connectivity index (χ0v) is 10.4.